The van der Waals surface area contributed by atoms with Gasteiger partial charge in [-0.3, -0.25) is 15.0 Å². The van der Waals surface area contributed by atoms with Crippen molar-refractivity contribution >= 4 is 40.6 Å². The highest BCUT2D eigenvalue weighted by Crippen LogP contribution is 2.05. The van der Waals surface area contributed by atoms with Gasteiger partial charge in [0.25, 0.3) is 11.5 Å². The Morgan fingerprint density at radius 1 is 1.40 bits per heavy atom. The largest absolute Gasteiger partial charge is 0.330 e. The number of amides is 1. The molecule has 0 fully saturated rings. The molecule has 0 aliphatic heterocycles. The number of carbonyl (C=O) groups excluding carboxylic acids is 1. The van der Waals surface area contributed by atoms with E-state index in [9.17, 15) is 9.59 Å². The Morgan fingerprint density at radius 2 is 2.20 bits per heavy atom. The molecule has 3 aromatic rings. The number of rotatable bonds is 2. The number of aromatic amines is 1. The van der Waals surface area contributed by atoms with Crippen molar-refractivity contribution in [2.75, 3.05) is 5.43 Å². The van der Waals surface area contributed by atoms with Gasteiger partial charge in [0, 0.05) is 5.38 Å². The van der Waals surface area contributed by atoms with Crippen molar-refractivity contribution in [3.05, 3.63) is 50.5 Å². The molecule has 3 rings (SSSR count). The second-order valence-corrected chi connectivity index (χ2v) is 4.84. The number of nitrogens with one attached hydrogen (secondary N) is 2. The van der Waals surface area contributed by atoms with E-state index >= 15 is 0 Å². The predicted octanol–water partition coefficient (Wildman–Crippen LogP) is 1.29. The molecule has 100 valence electrons. The van der Waals surface area contributed by atoms with Crippen LogP contribution in [0.25, 0.3) is 10.9 Å². The van der Waals surface area contributed by atoms with E-state index in [1.54, 1.807) is 24.3 Å². The molecule has 0 aliphatic carbocycles. The third-order valence-corrected chi connectivity index (χ3v) is 3.40. The lowest BCUT2D eigenvalue weighted by atomic mass is 10.2. The van der Waals surface area contributed by atoms with Crippen LogP contribution in [0.1, 0.15) is 10.5 Å². The highest BCUT2D eigenvalue weighted by atomic mass is 32.1. The summed E-state index contributed by atoms with van der Waals surface area (Å²) in [7, 11) is 0. The Bertz CT molecular complexity index is 897. The fraction of sp³-hybridized carbons (Fsp3) is 0. The van der Waals surface area contributed by atoms with Crippen molar-refractivity contribution in [2.45, 2.75) is 0 Å². The summed E-state index contributed by atoms with van der Waals surface area (Å²) in [5, 5.41) is 5.54. The van der Waals surface area contributed by atoms with Crippen molar-refractivity contribution in [1.82, 2.24) is 19.2 Å². The highest BCUT2D eigenvalue weighted by molar-refractivity contribution is 7.71. The molecule has 0 bridgehead atoms. The molecular formula is C11H7N5O2S2. The zero-order chi connectivity index (χ0) is 14.1. The van der Waals surface area contributed by atoms with Crippen molar-refractivity contribution in [3.63, 3.8) is 0 Å². The lowest BCUT2D eigenvalue weighted by Gasteiger charge is -2.08. The molecule has 2 heterocycles. The molecule has 20 heavy (non-hydrogen) atoms. The maximum Gasteiger partial charge on any atom is 0.291 e. The van der Waals surface area contributed by atoms with Gasteiger partial charge < -0.3 is 4.98 Å². The third kappa shape index (κ3) is 2.12. The van der Waals surface area contributed by atoms with E-state index in [1.165, 1.54) is 5.38 Å². The zero-order valence-electron chi connectivity index (χ0n) is 9.86. The summed E-state index contributed by atoms with van der Waals surface area (Å²) in [5.74, 6) is -0.546. The first-order valence-corrected chi connectivity index (χ1v) is 6.74. The van der Waals surface area contributed by atoms with Crippen LogP contribution in [0.4, 0.5) is 0 Å². The van der Waals surface area contributed by atoms with Crippen molar-refractivity contribution < 1.29 is 4.79 Å². The van der Waals surface area contributed by atoms with Gasteiger partial charge >= 0.3 is 0 Å². The molecule has 1 aromatic carbocycles. The first-order chi connectivity index (χ1) is 9.66. The van der Waals surface area contributed by atoms with E-state index < -0.39 is 11.5 Å². The van der Waals surface area contributed by atoms with Crippen LogP contribution in [-0.2, 0) is 0 Å². The minimum Gasteiger partial charge on any atom is -0.330 e. The first-order valence-electron chi connectivity index (χ1n) is 5.49. The molecule has 2 N–H and O–H groups in total. The summed E-state index contributed by atoms with van der Waals surface area (Å²) in [5.41, 5.74) is 2.75. The average Bonchev–Trinajstić information content (AvgIpc) is 2.97. The molecule has 2 aromatic heterocycles. The van der Waals surface area contributed by atoms with Crippen LogP contribution in [0, 0.1) is 4.77 Å². The first kappa shape index (κ1) is 12.6. The van der Waals surface area contributed by atoms with Crippen LogP contribution < -0.4 is 11.0 Å². The summed E-state index contributed by atoms with van der Waals surface area (Å²) in [4.78, 5) is 27.1. The number of benzene rings is 1. The van der Waals surface area contributed by atoms with Crippen LogP contribution in [0.3, 0.4) is 0 Å². The van der Waals surface area contributed by atoms with Crippen LogP contribution in [-0.4, -0.2) is 25.2 Å². The molecule has 7 nitrogen and oxygen atoms in total. The molecule has 0 radical (unpaired) electrons. The summed E-state index contributed by atoms with van der Waals surface area (Å²) >= 11 is 6.12. The Balaban J connectivity index is 2.10. The quantitative estimate of drug-likeness (QED) is 0.696. The second-order valence-electron chi connectivity index (χ2n) is 3.85. The van der Waals surface area contributed by atoms with Crippen molar-refractivity contribution in [3.8, 4) is 0 Å². The number of aromatic nitrogens is 4. The molecule has 0 saturated heterocycles. The summed E-state index contributed by atoms with van der Waals surface area (Å²) < 4.78 is 4.68. The van der Waals surface area contributed by atoms with E-state index in [0.717, 1.165) is 16.2 Å². The van der Waals surface area contributed by atoms with Gasteiger partial charge in [0.15, 0.2) is 10.5 Å². The van der Waals surface area contributed by atoms with Crippen LogP contribution >= 0.6 is 23.8 Å². The summed E-state index contributed by atoms with van der Waals surface area (Å²) in [6, 6.07) is 6.91. The minimum absolute atomic E-state index is 0.102. The van der Waals surface area contributed by atoms with Gasteiger partial charge in [0.1, 0.15) is 0 Å². The number of para-hydroxylation sites is 1. The lowest BCUT2D eigenvalue weighted by molar-refractivity contribution is 0.100. The van der Waals surface area contributed by atoms with E-state index in [-0.39, 0.29) is 10.5 Å². The normalized spacial score (nSPS) is 10.6. The fourth-order valence-electron chi connectivity index (χ4n) is 1.69. The minimum atomic E-state index is -0.546. The van der Waals surface area contributed by atoms with Gasteiger partial charge in [-0.1, -0.05) is 16.6 Å². The standard InChI is InChI=1S/C11H7N5O2S2/c17-9(8-5-20-15-13-8)14-16-10(18)6-3-1-2-4-7(6)12-11(16)19/h1-5H,(H,12,19)(H,14,17). The molecule has 0 atom stereocenters. The molecule has 0 spiro atoms. The van der Waals surface area contributed by atoms with Gasteiger partial charge in [-0.25, -0.2) is 0 Å². The number of H-pyrrole nitrogens is 1. The van der Waals surface area contributed by atoms with Crippen molar-refractivity contribution in [1.29, 1.82) is 0 Å². The topological polar surface area (TPSA) is 92.7 Å². The molecular weight excluding hydrogens is 298 g/mol. The number of nitrogens with zero attached hydrogens (tertiary/aromatic N) is 3. The third-order valence-electron chi connectivity index (χ3n) is 2.61. The molecule has 9 heteroatoms. The van der Waals surface area contributed by atoms with E-state index in [2.05, 4.69) is 20.0 Å². The van der Waals surface area contributed by atoms with E-state index in [1.807, 2.05) is 0 Å². The lowest BCUT2D eigenvalue weighted by Crippen LogP contribution is -2.34. The second kappa shape index (κ2) is 4.94. The monoisotopic (exact) mass is 305 g/mol. The molecule has 0 saturated carbocycles. The predicted molar refractivity (Wildman–Crippen MR) is 77.0 cm³/mol. The molecule has 0 aliphatic rings. The Kier molecular flexibility index (Phi) is 3.12. The van der Waals surface area contributed by atoms with Crippen LogP contribution in [0.15, 0.2) is 34.4 Å². The SMILES string of the molecule is O=C(Nn1c(=S)[nH]c2ccccc2c1=O)c1csnn1. The van der Waals surface area contributed by atoms with Gasteiger partial charge in [0.05, 0.1) is 10.9 Å². The maximum absolute atomic E-state index is 12.3. The Labute approximate surface area is 121 Å². The summed E-state index contributed by atoms with van der Waals surface area (Å²) in [6.07, 6.45) is 0. The fourth-order valence-corrected chi connectivity index (χ4v) is 2.36. The maximum atomic E-state index is 12.3. The van der Waals surface area contributed by atoms with E-state index in [0.29, 0.717) is 10.9 Å². The number of hydrogen-bond acceptors (Lipinski definition) is 6. The number of fused-ring (bicyclic) bond motifs is 1. The average molecular weight is 305 g/mol. The molecule has 0 unspecified atom stereocenters. The smallest absolute Gasteiger partial charge is 0.291 e. The van der Waals surface area contributed by atoms with Gasteiger partial charge in [-0.05, 0) is 35.9 Å². The van der Waals surface area contributed by atoms with E-state index in [4.69, 9.17) is 12.2 Å². The van der Waals surface area contributed by atoms with Crippen LogP contribution in [0.2, 0.25) is 0 Å². The summed E-state index contributed by atoms with van der Waals surface area (Å²) in [6.45, 7) is 0. The number of hydrogen-bond donors (Lipinski definition) is 2. The van der Waals surface area contributed by atoms with Gasteiger partial charge in [0.2, 0.25) is 0 Å². The Hall–Kier alpha value is -2.39. The van der Waals surface area contributed by atoms with Gasteiger partial charge in [-0.15, -0.1) is 5.10 Å². The van der Waals surface area contributed by atoms with Crippen LogP contribution in [0.5, 0.6) is 0 Å². The Morgan fingerprint density at radius 3 is 2.95 bits per heavy atom. The highest BCUT2D eigenvalue weighted by Gasteiger charge is 2.12. The van der Waals surface area contributed by atoms with Gasteiger partial charge in [-0.2, -0.15) is 4.68 Å². The van der Waals surface area contributed by atoms with Crippen molar-refractivity contribution in [2.24, 2.45) is 0 Å². The molecule has 1 amide bonds. The number of carbonyl (C=O) groups is 1. The zero-order valence-corrected chi connectivity index (χ0v) is 11.5.